The summed E-state index contributed by atoms with van der Waals surface area (Å²) < 4.78 is 0. The number of hydrogen-bond donors (Lipinski definition) is 0. The quantitative estimate of drug-likeness (QED) is 0.836. The van der Waals surface area contributed by atoms with Crippen molar-refractivity contribution in [1.82, 2.24) is 9.80 Å². The maximum absolute atomic E-state index is 9.41. The molecule has 0 saturated carbocycles. The summed E-state index contributed by atoms with van der Waals surface area (Å²) >= 11 is 12.2. The first-order chi connectivity index (χ1) is 8.61. The summed E-state index contributed by atoms with van der Waals surface area (Å²) in [5, 5.41) is 10.6. The molecule has 5 heteroatoms. The highest BCUT2D eigenvalue weighted by Crippen LogP contribution is 2.30. The lowest BCUT2D eigenvalue weighted by Gasteiger charge is -2.35. The van der Waals surface area contributed by atoms with E-state index in [4.69, 9.17) is 23.2 Å². The van der Waals surface area contributed by atoms with Gasteiger partial charge in [-0.05, 0) is 25.2 Å². The maximum atomic E-state index is 9.41. The van der Waals surface area contributed by atoms with Crippen LogP contribution in [0.4, 0.5) is 0 Å². The third kappa shape index (κ3) is 2.96. The van der Waals surface area contributed by atoms with Gasteiger partial charge in [0.05, 0.1) is 6.07 Å². The molecule has 1 aliphatic rings. The number of halogens is 2. The van der Waals surface area contributed by atoms with Crippen LogP contribution < -0.4 is 0 Å². The van der Waals surface area contributed by atoms with Crippen molar-refractivity contribution in [3.8, 4) is 6.07 Å². The topological polar surface area (TPSA) is 30.3 Å². The van der Waals surface area contributed by atoms with E-state index in [0.29, 0.717) is 10.0 Å². The molecule has 1 fully saturated rings. The van der Waals surface area contributed by atoms with Crippen molar-refractivity contribution in [3.05, 3.63) is 33.8 Å². The largest absolute Gasteiger partial charge is 0.304 e. The van der Waals surface area contributed by atoms with E-state index >= 15 is 0 Å². The van der Waals surface area contributed by atoms with E-state index in [0.717, 1.165) is 31.7 Å². The molecule has 0 spiro atoms. The summed E-state index contributed by atoms with van der Waals surface area (Å²) in [5.74, 6) is 0. The Morgan fingerprint density at radius 1 is 1.22 bits per heavy atom. The Kier molecular flexibility index (Phi) is 4.47. The molecule has 1 unspecified atom stereocenters. The molecule has 3 nitrogen and oxygen atoms in total. The summed E-state index contributed by atoms with van der Waals surface area (Å²) in [6, 6.07) is 7.30. The van der Waals surface area contributed by atoms with Crippen molar-refractivity contribution >= 4 is 23.2 Å². The summed E-state index contributed by atoms with van der Waals surface area (Å²) in [5.41, 5.74) is 0.802. The van der Waals surface area contributed by atoms with Crippen molar-refractivity contribution in [3.63, 3.8) is 0 Å². The van der Waals surface area contributed by atoms with E-state index < -0.39 is 0 Å². The number of likely N-dealkylation sites (N-methyl/N-ethyl adjacent to an activating group) is 1. The Bertz CT molecular complexity index is 462. The van der Waals surface area contributed by atoms with Crippen LogP contribution in [0.2, 0.25) is 10.0 Å². The van der Waals surface area contributed by atoms with Crippen molar-refractivity contribution in [2.24, 2.45) is 0 Å². The first-order valence-corrected chi connectivity index (χ1v) is 6.64. The van der Waals surface area contributed by atoms with Gasteiger partial charge in [0.25, 0.3) is 0 Å². The number of hydrogen-bond acceptors (Lipinski definition) is 3. The molecule has 0 aromatic heterocycles. The molecule has 0 bridgehead atoms. The van der Waals surface area contributed by atoms with E-state index in [2.05, 4.69) is 22.9 Å². The maximum Gasteiger partial charge on any atom is 0.125 e. The highest BCUT2D eigenvalue weighted by atomic mass is 35.5. The minimum atomic E-state index is -0.315. The molecular weight excluding hydrogens is 269 g/mol. The standard InChI is InChI=1S/C13H15Cl2N3/c1-17-4-6-18(7-5-17)13(9-16)11-8-10(14)2-3-12(11)15/h2-3,8,13H,4-7H2,1H3. The van der Waals surface area contributed by atoms with Gasteiger partial charge in [-0.15, -0.1) is 0 Å². The van der Waals surface area contributed by atoms with Crippen molar-refractivity contribution < 1.29 is 0 Å². The second kappa shape index (κ2) is 5.90. The van der Waals surface area contributed by atoms with Crippen LogP contribution in [0.15, 0.2) is 18.2 Å². The fourth-order valence-electron chi connectivity index (χ4n) is 2.15. The summed E-state index contributed by atoms with van der Waals surface area (Å²) in [7, 11) is 2.09. The van der Waals surface area contributed by atoms with Gasteiger partial charge < -0.3 is 4.90 Å². The van der Waals surface area contributed by atoms with Crippen LogP contribution in [0.1, 0.15) is 11.6 Å². The van der Waals surface area contributed by atoms with E-state index in [9.17, 15) is 5.26 Å². The average molecular weight is 284 g/mol. The van der Waals surface area contributed by atoms with Gasteiger partial charge in [0, 0.05) is 41.8 Å². The third-order valence-corrected chi connectivity index (χ3v) is 3.86. The lowest BCUT2D eigenvalue weighted by molar-refractivity contribution is 0.133. The second-order valence-corrected chi connectivity index (χ2v) is 5.38. The van der Waals surface area contributed by atoms with E-state index in [1.165, 1.54) is 0 Å². The molecule has 1 aliphatic heterocycles. The van der Waals surface area contributed by atoms with Crippen LogP contribution in [0.5, 0.6) is 0 Å². The highest BCUT2D eigenvalue weighted by Gasteiger charge is 2.25. The number of piperazine rings is 1. The first-order valence-electron chi connectivity index (χ1n) is 5.89. The lowest BCUT2D eigenvalue weighted by atomic mass is 10.1. The number of rotatable bonds is 2. The SMILES string of the molecule is CN1CCN(C(C#N)c2cc(Cl)ccc2Cl)CC1. The van der Waals surface area contributed by atoms with Crippen LogP contribution in [-0.4, -0.2) is 43.0 Å². The lowest BCUT2D eigenvalue weighted by Crippen LogP contribution is -2.45. The molecule has 0 N–H and O–H groups in total. The molecule has 1 aromatic rings. The van der Waals surface area contributed by atoms with E-state index in [1.54, 1.807) is 18.2 Å². The minimum absolute atomic E-state index is 0.315. The first kappa shape index (κ1) is 13.6. The Labute approximate surface area is 117 Å². The normalized spacial score (nSPS) is 19.4. The predicted molar refractivity (Wildman–Crippen MR) is 73.9 cm³/mol. The Balaban J connectivity index is 2.23. The van der Waals surface area contributed by atoms with Gasteiger partial charge in [0.2, 0.25) is 0 Å². The second-order valence-electron chi connectivity index (χ2n) is 4.54. The van der Waals surface area contributed by atoms with Crippen LogP contribution in [-0.2, 0) is 0 Å². The number of nitriles is 1. The van der Waals surface area contributed by atoms with E-state index in [1.807, 2.05) is 0 Å². The molecule has 0 amide bonds. The van der Waals surface area contributed by atoms with Gasteiger partial charge in [-0.1, -0.05) is 23.2 Å². The van der Waals surface area contributed by atoms with Crippen molar-refractivity contribution in [1.29, 1.82) is 5.26 Å². The molecule has 2 rings (SSSR count). The summed E-state index contributed by atoms with van der Waals surface area (Å²) in [6.07, 6.45) is 0. The number of nitrogens with zero attached hydrogens (tertiary/aromatic N) is 3. The molecule has 96 valence electrons. The summed E-state index contributed by atoms with van der Waals surface area (Å²) in [4.78, 5) is 4.40. The molecule has 1 aromatic carbocycles. The van der Waals surface area contributed by atoms with Gasteiger partial charge in [0.15, 0.2) is 0 Å². The molecule has 1 saturated heterocycles. The average Bonchev–Trinajstić information content (AvgIpc) is 2.37. The molecular formula is C13H15Cl2N3. The molecule has 0 aliphatic carbocycles. The molecule has 0 radical (unpaired) electrons. The van der Waals surface area contributed by atoms with Crippen LogP contribution in [0.3, 0.4) is 0 Å². The predicted octanol–water partition coefficient (Wildman–Crippen LogP) is 2.81. The van der Waals surface area contributed by atoms with Gasteiger partial charge in [0.1, 0.15) is 6.04 Å². The Hall–Kier alpha value is -0.790. The van der Waals surface area contributed by atoms with Crippen LogP contribution >= 0.6 is 23.2 Å². The third-order valence-electron chi connectivity index (χ3n) is 3.28. The van der Waals surface area contributed by atoms with Crippen LogP contribution in [0, 0.1) is 11.3 Å². The van der Waals surface area contributed by atoms with Gasteiger partial charge in [-0.2, -0.15) is 5.26 Å². The zero-order chi connectivity index (χ0) is 13.1. The molecule has 1 heterocycles. The Morgan fingerprint density at radius 2 is 1.89 bits per heavy atom. The van der Waals surface area contributed by atoms with Gasteiger partial charge in [-0.3, -0.25) is 4.90 Å². The zero-order valence-corrected chi connectivity index (χ0v) is 11.7. The minimum Gasteiger partial charge on any atom is -0.304 e. The van der Waals surface area contributed by atoms with Crippen LogP contribution in [0.25, 0.3) is 0 Å². The van der Waals surface area contributed by atoms with E-state index in [-0.39, 0.29) is 6.04 Å². The van der Waals surface area contributed by atoms with Crippen molar-refractivity contribution in [2.45, 2.75) is 6.04 Å². The Morgan fingerprint density at radius 3 is 2.50 bits per heavy atom. The number of benzene rings is 1. The fourth-order valence-corrected chi connectivity index (χ4v) is 2.55. The van der Waals surface area contributed by atoms with Crippen molar-refractivity contribution in [2.75, 3.05) is 33.2 Å². The van der Waals surface area contributed by atoms with Gasteiger partial charge in [-0.25, -0.2) is 0 Å². The monoisotopic (exact) mass is 283 g/mol. The molecule has 18 heavy (non-hydrogen) atoms. The fraction of sp³-hybridized carbons (Fsp3) is 0.462. The smallest absolute Gasteiger partial charge is 0.125 e. The zero-order valence-electron chi connectivity index (χ0n) is 10.2. The van der Waals surface area contributed by atoms with Gasteiger partial charge >= 0.3 is 0 Å². The highest BCUT2D eigenvalue weighted by molar-refractivity contribution is 6.33. The summed E-state index contributed by atoms with van der Waals surface area (Å²) in [6.45, 7) is 3.68. The molecule has 1 atom stereocenters.